The Morgan fingerprint density at radius 3 is 2.40 bits per heavy atom. The van der Waals surface area contributed by atoms with E-state index in [1.165, 1.54) is 32.1 Å². The summed E-state index contributed by atoms with van der Waals surface area (Å²) in [5, 5.41) is 10.3. The molecule has 1 spiro atoms. The van der Waals surface area contributed by atoms with Gasteiger partial charge in [-0.05, 0) is 31.1 Å². The molecule has 3 rings (SSSR count). The number of hydrogen-bond donors (Lipinski definition) is 1. The van der Waals surface area contributed by atoms with Gasteiger partial charge in [0.15, 0.2) is 5.78 Å². The van der Waals surface area contributed by atoms with Crippen molar-refractivity contribution in [1.29, 1.82) is 0 Å². The van der Waals surface area contributed by atoms with Crippen molar-refractivity contribution in [2.45, 2.75) is 76.7 Å². The molecular weight excluding hydrogens is 250 g/mol. The maximum absolute atomic E-state index is 12.4. The van der Waals surface area contributed by atoms with E-state index >= 15 is 0 Å². The third-order valence-electron chi connectivity index (χ3n) is 5.34. The molecule has 2 saturated carbocycles. The highest BCUT2D eigenvalue weighted by molar-refractivity contribution is 6.14. The average molecular weight is 275 g/mol. The van der Waals surface area contributed by atoms with Gasteiger partial charge in [0.25, 0.3) is 0 Å². The van der Waals surface area contributed by atoms with Gasteiger partial charge < -0.3 is 5.11 Å². The summed E-state index contributed by atoms with van der Waals surface area (Å²) < 4.78 is 0. The minimum atomic E-state index is 0.0596. The van der Waals surface area contributed by atoms with Crippen molar-refractivity contribution < 1.29 is 9.90 Å². The zero-order valence-corrected chi connectivity index (χ0v) is 12.2. The summed E-state index contributed by atoms with van der Waals surface area (Å²) in [5.41, 5.74) is 0.553. The first-order valence-electron chi connectivity index (χ1n) is 8.17. The Morgan fingerprint density at radius 2 is 1.75 bits per heavy atom. The first-order chi connectivity index (χ1) is 9.69. The maximum atomic E-state index is 12.4. The van der Waals surface area contributed by atoms with E-state index in [9.17, 15) is 9.90 Å². The Hall–Kier alpha value is -1.12. The molecule has 0 saturated heterocycles. The fourth-order valence-corrected chi connectivity index (χ4v) is 4.14. The molecule has 1 N–H and O–H groups in total. The molecule has 0 aromatic rings. The summed E-state index contributed by atoms with van der Waals surface area (Å²) in [4.78, 5) is 16.9. The van der Waals surface area contributed by atoms with E-state index in [4.69, 9.17) is 0 Å². The molecule has 3 aliphatic rings. The van der Waals surface area contributed by atoms with Gasteiger partial charge in [-0.2, -0.15) is 0 Å². The molecule has 0 atom stereocenters. The molecule has 0 bridgehead atoms. The van der Waals surface area contributed by atoms with E-state index in [0.717, 1.165) is 25.7 Å². The molecule has 0 radical (unpaired) electrons. The van der Waals surface area contributed by atoms with Crippen LogP contribution in [0, 0.1) is 5.41 Å². The summed E-state index contributed by atoms with van der Waals surface area (Å²) in [6.07, 6.45) is 13.6. The molecule has 3 aliphatic carbocycles. The third kappa shape index (κ3) is 2.82. The summed E-state index contributed by atoms with van der Waals surface area (Å²) in [6.45, 7) is 0. The number of carbonyl (C=O) groups excluding carboxylic acids is 1. The standard InChI is InChI=1S/C17H25NO2/c19-15-10-17(8-4-1-5-9-17)11-16(20)14(15)12-18-13-6-2-3-7-13/h12-13,19H,1-11H2. The predicted molar refractivity (Wildman–Crippen MR) is 80.2 cm³/mol. The van der Waals surface area contributed by atoms with Crippen LogP contribution in [0.2, 0.25) is 0 Å². The second-order valence-electron chi connectivity index (χ2n) is 6.91. The van der Waals surface area contributed by atoms with Crippen LogP contribution in [0.4, 0.5) is 0 Å². The normalized spacial score (nSPS) is 27.9. The summed E-state index contributed by atoms with van der Waals surface area (Å²) in [5.74, 6) is 0.405. The van der Waals surface area contributed by atoms with Crippen molar-refractivity contribution in [3.05, 3.63) is 11.3 Å². The summed E-state index contributed by atoms with van der Waals surface area (Å²) >= 11 is 0. The molecule has 0 unspecified atom stereocenters. The Morgan fingerprint density at radius 1 is 1.05 bits per heavy atom. The van der Waals surface area contributed by atoms with Gasteiger partial charge in [-0.25, -0.2) is 0 Å². The second-order valence-corrected chi connectivity index (χ2v) is 6.91. The lowest BCUT2D eigenvalue weighted by Crippen LogP contribution is -2.33. The van der Waals surface area contributed by atoms with Gasteiger partial charge in [0, 0.05) is 25.1 Å². The quantitative estimate of drug-likeness (QED) is 0.770. The van der Waals surface area contributed by atoms with E-state index in [0.29, 0.717) is 30.2 Å². The Balaban J connectivity index is 1.73. The SMILES string of the molecule is O=C1CC2(CCCCC2)CC(O)=C1C=NC1CCCC1. The molecule has 3 heteroatoms. The Kier molecular flexibility index (Phi) is 3.95. The van der Waals surface area contributed by atoms with Gasteiger partial charge in [-0.3, -0.25) is 9.79 Å². The number of aliphatic hydroxyl groups is 1. The van der Waals surface area contributed by atoms with Gasteiger partial charge in [-0.15, -0.1) is 0 Å². The molecule has 0 aromatic carbocycles. The van der Waals surface area contributed by atoms with Gasteiger partial charge >= 0.3 is 0 Å². The predicted octanol–water partition coefficient (Wildman–Crippen LogP) is 4.13. The van der Waals surface area contributed by atoms with E-state index in [1.54, 1.807) is 6.21 Å². The second kappa shape index (κ2) is 5.71. The zero-order valence-electron chi connectivity index (χ0n) is 12.2. The van der Waals surface area contributed by atoms with Crippen LogP contribution in [0.1, 0.15) is 70.6 Å². The number of rotatable bonds is 2. The van der Waals surface area contributed by atoms with Crippen LogP contribution in [-0.2, 0) is 4.79 Å². The molecule has 0 aromatic heterocycles. The highest BCUT2D eigenvalue weighted by atomic mass is 16.3. The van der Waals surface area contributed by atoms with Crippen LogP contribution in [-0.4, -0.2) is 23.1 Å². The van der Waals surface area contributed by atoms with Crippen molar-refractivity contribution in [2.24, 2.45) is 10.4 Å². The Bertz CT molecular complexity index is 438. The van der Waals surface area contributed by atoms with Crippen molar-refractivity contribution in [3.8, 4) is 0 Å². The number of Topliss-reactive ketones (excluding diaryl/α,β-unsaturated/α-hetero) is 1. The topological polar surface area (TPSA) is 49.7 Å². The Labute approximate surface area is 121 Å². The minimum absolute atomic E-state index is 0.0596. The van der Waals surface area contributed by atoms with Crippen LogP contribution in [0.25, 0.3) is 0 Å². The van der Waals surface area contributed by atoms with Gasteiger partial charge in [0.2, 0.25) is 0 Å². The van der Waals surface area contributed by atoms with E-state index < -0.39 is 0 Å². The molecule has 110 valence electrons. The van der Waals surface area contributed by atoms with E-state index in [-0.39, 0.29) is 11.2 Å². The monoisotopic (exact) mass is 275 g/mol. The highest BCUT2D eigenvalue weighted by Crippen LogP contribution is 2.47. The van der Waals surface area contributed by atoms with Crippen LogP contribution >= 0.6 is 0 Å². The number of ketones is 1. The molecule has 0 aliphatic heterocycles. The van der Waals surface area contributed by atoms with Crippen LogP contribution < -0.4 is 0 Å². The van der Waals surface area contributed by atoms with Crippen molar-refractivity contribution >= 4 is 12.0 Å². The maximum Gasteiger partial charge on any atom is 0.168 e. The number of hydrogen-bond acceptors (Lipinski definition) is 3. The molecule has 2 fully saturated rings. The lowest BCUT2D eigenvalue weighted by Gasteiger charge is -2.39. The van der Waals surface area contributed by atoms with Crippen molar-refractivity contribution in [1.82, 2.24) is 0 Å². The number of carbonyl (C=O) groups is 1. The molecular formula is C17H25NO2. The van der Waals surface area contributed by atoms with Gasteiger partial charge in [0.05, 0.1) is 5.57 Å². The molecule has 20 heavy (non-hydrogen) atoms. The van der Waals surface area contributed by atoms with Crippen LogP contribution in [0.5, 0.6) is 0 Å². The number of nitrogens with zero attached hydrogens (tertiary/aromatic N) is 1. The fraction of sp³-hybridized carbons (Fsp3) is 0.765. The molecule has 0 heterocycles. The van der Waals surface area contributed by atoms with E-state index in [2.05, 4.69) is 4.99 Å². The lowest BCUT2D eigenvalue weighted by atomic mass is 9.65. The number of aliphatic imine (C=N–C) groups is 1. The van der Waals surface area contributed by atoms with Crippen molar-refractivity contribution in [3.63, 3.8) is 0 Å². The zero-order chi connectivity index (χ0) is 14.0. The number of allylic oxidation sites excluding steroid dienone is 2. The first kappa shape index (κ1) is 13.8. The average Bonchev–Trinajstić information content (AvgIpc) is 2.91. The summed E-state index contributed by atoms with van der Waals surface area (Å²) in [7, 11) is 0. The smallest absolute Gasteiger partial charge is 0.168 e. The fourth-order valence-electron chi connectivity index (χ4n) is 4.14. The lowest BCUT2D eigenvalue weighted by molar-refractivity contribution is -0.119. The highest BCUT2D eigenvalue weighted by Gasteiger charge is 2.40. The molecule has 3 nitrogen and oxygen atoms in total. The number of aliphatic hydroxyl groups excluding tert-OH is 1. The first-order valence-corrected chi connectivity index (χ1v) is 8.17. The third-order valence-corrected chi connectivity index (χ3v) is 5.34. The summed E-state index contributed by atoms with van der Waals surface area (Å²) in [6, 6.07) is 0.369. The van der Waals surface area contributed by atoms with Crippen LogP contribution in [0.3, 0.4) is 0 Å². The van der Waals surface area contributed by atoms with Crippen molar-refractivity contribution in [2.75, 3.05) is 0 Å². The van der Waals surface area contributed by atoms with E-state index in [1.807, 2.05) is 0 Å². The minimum Gasteiger partial charge on any atom is -0.511 e. The van der Waals surface area contributed by atoms with Crippen LogP contribution in [0.15, 0.2) is 16.3 Å². The van der Waals surface area contributed by atoms with Gasteiger partial charge in [0.1, 0.15) is 5.76 Å². The largest absolute Gasteiger partial charge is 0.511 e. The van der Waals surface area contributed by atoms with Gasteiger partial charge in [-0.1, -0.05) is 32.1 Å². The molecule has 0 amide bonds.